The maximum absolute atomic E-state index is 12.6. The maximum Gasteiger partial charge on any atom is 0.329 e. The quantitative estimate of drug-likeness (QED) is 0.807. The molecule has 1 saturated heterocycles. The van der Waals surface area contributed by atoms with Crippen molar-refractivity contribution >= 4 is 33.6 Å². The van der Waals surface area contributed by atoms with Gasteiger partial charge in [-0.3, -0.25) is 4.79 Å². The average molecular weight is 323 g/mol. The molecule has 1 spiro atoms. The summed E-state index contributed by atoms with van der Waals surface area (Å²) in [7, 11) is 0. The molecule has 3 amide bonds. The second-order valence-corrected chi connectivity index (χ2v) is 6.11. The zero-order chi connectivity index (χ0) is 13.5. The van der Waals surface area contributed by atoms with Gasteiger partial charge in [0.05, 0.1) is 5.69 Å². The second kappa shape index (κ2) is 4.63. The van der Waals surface area contributed by atoms with Gasteiger partial charge in [0.1, 0.15) is 5.54 Å². The van der Waals surface area contributed by atoms with Crippen molar-refractivity contribution in [2.45, 2.75) is 37.6 Å². The van der Waals surface area contributed by atoms with E-state index in [2.05, 4.69) is 21.2 Å². The molecule has 0 radical (unpaired) electrons. The van der Waals surface area contributed by atoms with Gasteiger partial charge in [0.25, 0.3) is 5.91 Å². The van der Waals surface area contributed by atoms with E-state index in [-0.39, 0.29) is 11.9 Å². The Morgan fingerprint density at radius 2 is 1.68 bits per heavy atom. The topological polar surface area (TPSA) is 49.4 Å². The van der Waals surface area contributed by atoms with Crippen LogP contribution in [0.5, 0.6) is 0 Å². The zero-order valence-corrected chi connectivity index (χ0v) is 12.1. The van der Waals surface area contributed by atoms with Gasteiger partial charge in [-0.25, -0.2) is 9.69 Å². The molecular formula is C14H15BrN2O2. The van der Waals surface area contributed by atoms with Crippen LogP contribution in [-0.4, -0.2) is 17.5 Å². The molecule has 3 rings (SSSR count). The monoisotopic (exact) mass is 322 g/mol. The Labute approximate surface area is 120 Å². The number of imide groups is 1. The lowest BCUT2D eigenvalue weighted by Crippen LogP contribution is -2.48. The third-order valence-corrected chi connectivity index (χ3v) is 4.48. The third kappa shape index (κ3) is 2.06. The van der Waals surface area contributed by atoms with E-state index < -0.39 is 5.54 Å². The Bertz CT molecular complexity index is 521. The fourth-order valence-electron chi connectivity index (χ4n) is 2.94. The number of nitrogens with zero attached hydrogens (tertiary/aromatic N) is 1. The van der Waals surface area contributed by atoms with Crippen LogP contribution in [0, 0.1) is 0 Å². The molecule has 2 aliphatic rings. The van der Waals surface area contributed by atoms with Gasteiger partial charge >= 0.3 is 6.03 Å². The third-order valence-electron chi connectivity index (χ3n) is 3.95. The van der Waals surface area contributed by atoms with Gasteiger partial charge in [-0.15, -0.1) is 0 Å². The highest BCUT2D eigenvalue weighted by atomic mass is 79.9. The molecule has 1 N–H and O–H groups in total. The lowest BCUT2D eigenvalue weighted by Gasteiger charge is -2.30. The molecule has 2 fully saturated rings. The average Bonchev–Trinajstić information content (AvgIpc) is 2.64. The van der Waals surface area contributed by atoms with E-state index in [0.717, 1.165) is 36.6 Å². The molecule has 1 aliphatic heterocycles. The Balaban J connectivity index is 1.92. The number of carbonyl (C=O) groups is 2. The van der Waals surface area contributed by atoms with Crippen LogP contribution in [0.1, 0.15) is 32.1 Å². The van der Waals surface area contributed by atoms with Crippen molar-refractivity contribution in [3.05, 3.63) is 28.7 Å². The summed E-state index contributed by atoms with van der Waals surface area (Å²) in [4.78, 5) is 26.0. The largest absolute Gasteiger partial charge is 0.329 e. The summed E-state index contributed by atoms with van der Waals surface area (Å²) in [5.41, 5.74) is -0.0178. The first-order chi connectivity index (χ1) is 9.12. The van der Waals surface area contributed by atoms with Crippen molar-refractivity contribution in [3.8, 4) is 0 Å². The first-order valence-electron chi connectivity index (χ1n) is 6.55. The fraction of sp³-hybridized carbons (Fsp3) is 0.429. The standard InChI is InChI=1S/C14H15BrN2O2/c15-10-4-6-11(7-5-10)17-12(18)14(16-13(17)19)8-2-1-3-9-14/h4-7H,1-3,8-9H2,(H,16,19). The molecule has 0 bridgehead atoms. The molecule has 1 aromatic rings. The Morgan fingerprint density at radius 1 is 1.05 bits per heavy atom. The summed E-state index contributed by atoms with van der Waals surface area (Å²) < 4.78 is 0.927. The van der Waals surface area contributed by atoms with Crippen LogP contribution in [-0.2, 0) is 4.79 Å². The molecule has 0 aromatic heterocycles. The molecule has 0 unspecified atom stereocenters. The first-order valence-corrected chi connectivity index (χ1v) is 7.34. The Hall–Kier alpha value is -1.36. The minimum atomic E-state index is -0.650. The summed E-state index contributed by atoms with van der Waals surface area (Å²) in [6.45, 7) is 0. The zero-order valence-electron chi connectivity index (χ0n) is 10.5. The van der Waals surface area contributed by atoms with Gasteiger partial charge in [-0.2, -0.15) is 0 Å². The lowest BCUT2D eigenvalue weighted by atomic mass is 9.82. The van der Waals surface area contributed by atoms with E-state index in [1.54, 1.807) is 12.1 Å². The van der Waals surface area contributed by atoms with Crippen LogP contribution in [0.25, 0.3) is 0 Å². The van der Waals surface area contributed by atoms with E-state index in [1.165, 1.54) is 4.90 Å². The number of benzene rings is 1. The van der Waals surface area contributed by atoms with E-state index >= 15 is 0 Å². The normalized spacial score (nSPS) is 21.8. The summed E-state index contributed by atoms with van der Waals surface area (Å²) in [6, 6.07) is 6.94. The highest BCUT2D eigenvalue weighted by molar-refractivity contribution is 9.10. The molecule has 4 nitrogen and oxygen atoms in total. The number of halogens is 1. The van der Waals surface area contributed by atoms with Crippen LogP contribution in [0.4, 0.5) is 10.5 Å². The summed E-state index contributed by atoms with van der Waals surface area (Å²) in [6.07, 6.45) is 4.65. The number of carbonyl (C=O) groups excluding carboxylic acids is 2. The van der Waals surface area contributed by atoms with Crippen LogP contribution < -0.4 is 10.2 Å². The van der Waals surface area contributed by atoms with Crippen LogP contribution >= 0.6 is 15.9 Å². The van der Waals surface area contributed by atoms with Crippen molar-refractivity contribution in [1.82, 2.24) is 5.32 Å². The van der Waals surface area contributed by atoms with Gasteiger partial charge < -0.3 is 5.32 Å². The van der Waals surface area contributed by atoms with Crippen molar-refractivity contribution in [3.63, 3.8) is 0 Å². The molecule has 19 heavy (non-hydrogen) atoms. The van der Waals surface area contributed by atoms with E-state index in [0.29, 0.717) is 5.69 Å². The predicted octanol–water partition coefficient (Wildman–Crippen LogP) is 3.21. The highest BCUT2D eigenvalue weighted by Gasteiger charge is 2.51. The molecule has 1 aliphatic carbocycles. The van der Waals surface area contributed by atoms with Crippen LogP contribution in [0.3, 0.4) is 0 Å². The lowest BCUT2D eigenvalue weighted by molar-refractivity contribution is -0.123. The maximum atomic E-state index is 12.6. The van der Waals surface area contributed by atoms with Crippen molar-refractivity contribution < 1.29 is 9.59 Å². The number of hydrogen-bond acceptors (Lipinski definition) is 2. The molecule has 100 valence electrons. The van der Waals surface area contributed by atoms with Gasteiger partial charge in [0.15, 0.2) is 0 Å². The highest BCUT2D eigenvalue weighted by Crippen LogP contribution is 2.35. The Kier molecular flexibility index (Phi) is 3.09. The van der Waals surface area contributed by atoms with Gasteiger partial charge in [-0.05, 0) is 37.1 Å². The van der Waals surface area contributed by atoms with Crippen LogP contribution in [0.2, 0.25) is 0 Å². The number of anilines is 1. The number of rotatable bonds is 1. The van der Waals surface area contributed by atoms with Crippen molar-refractivity contribution in [2.75, 3.05) is 4.90 Å². The van der Waals surface area contributed by atoms with E-state index in [1.807, 2.05) is 12.1 Å². The van der Waals surface area contributed by atoms with E-state index in [4.69, 9.17) is 0 Å². The molecule has 1 heterocycles. The fourth-order valence-corrected chi connectivity index (χ4v) is 3.20. The van der Waals surface area contributed by atoms with Gasteiger partial charge in [0.2, 0.25) is 0 Å². The smallest absolute Gasteiger partial charge is 0.323 e. The van der Waals surface area contributed by atoms with Crippen molar-refractivity contribution in [1.29, 1.82) is 0 Å². The first kappa shape index (κ1) is 12.7. The molecule has 0 atom stereocenters. The predicted molar refractivity (Wildman–Crippen MR) is 76.0 cm³/mol. The van der Waals surface area contributed by atoms with Crippen LogP contribution in [0.15, 0.2) is 28.7 Å². The SMILES string of the molecule is O=C1NC2(CCCCC2)C(=O)N1c1ccc(Br)cc1. The number of amides is 3. The van der Waals surface area contributed by atoms with E-state index in [9.17, 15) is 9.59 Å². The van der Waals surface area contributed by atoms with Gasteiger partial charge in [-0.1, -0.05) is 35.2 Å². The molecule has 5 heteroatoms. The van der Waals surface area contributed by atoms with Crippen molar-refractivity contribution in [2.24, 2.45) is 0 Å². The molecule has 1 aromatic carbocycles. The summed E-state index contributed by atoms with van der Waals surface area (Å²) >= 11 is 3.35. The van der Waals surface area contributed by atoms with Gasteiger partial charge in [0, 0.05) is 4.47 Å². The summed E-state index contributed by atoms with van der Waals surface area (Å²) in [5.74, 6) is -0.0977. The Morgan fingerprint density at radius 3 is 2.32 bits per heavy atom. The minimum Gasteiger partial charge on any atom is -0.323 e. The minimum absolute atomic E-state index is 0.0977. The molecular weight excluding hydrogens is 308 g/mol. The number of nitrogens with one attached hydrogen (secondary N) is 1. The number of urea groups is 1. The molecule has 1 saturated carbocycles. The number of hydrogen-bond donors (Lipinski definition) is 1. The summed E-state index contributed by atoms with van der Waals surface area (Å²) in [5, 5.41) is 2.91. The second-order valence-electron chi connectivity index (χ2n) is 5.19.